The zero-order valence-electron chi connectivity index (χ0n) is 21.7. The number of aryl methyl sites for hydroxylation is 1. The molecule has 0 saturated heterocycles. The van der Waals surface area contributed by atoms with Gasteiger partial charge in [-0.1, -0.05) is 20.8 Å². The molecule has 3 rings (SSSR count). The maximum atomic E-state index is 13.4. The Labute approximate surface area is 206 Å². The highest BCUT2D eigenvalue weighted by Gasteiger charge is 2.26. The molecule has 0 aliphatic rings. The first-order chi connectivity index (χ1) is 16.5. The first-order valence-corrected chi connectivity index (χ1v) is 11.8. The minimum absolute atomic E-state index is 0.0110. The summed E-state index contributed by atoms with van der Waals surface area (Å²) in [5.41, 5.74) is 10.3. The van der Waals surface area contributed by atoms with Crippen molar-refractivity contribution in [2.75, 3.05) is 32.7 Å². The number of pyridine rings is 1. The summed E-state index contributed by atoms with van der Waals surface area (Å²) in [6.45, 7) is 12.6. The Morgan fingerprint density at radius 2 is 1.86 bits per heavy atom. The molecule has 0 aliphatic carbocycles. The molecule has 2 heterocycles. The predicted octanol–water partition coefficient (Wildman–Crippen LogP) is 3.98. The van der Waals surface area contributed by atoms with E-state index >= 15 is 0 Å². The molecule has 2 aromatic heterocycles. The molecule has 0 spiro atoms. The maximum Gasteiger partial charge on any atom is 0.217 e. The fourth-order valence-corrected chi connectivity index (χ4v) is 3.86. The minimum atomic E-state index is -0.301. The summed E-state index contributed by atoms with van der Waals surface area (Å²) in [5, 5.41) is 13.7. The summed E-state index contributed by atoms with van der Waals surface area (Å²) in [5.74, 6) is 1.69. The number of aliphatic hydroxyl groups excluding tert-OH is 1. The van der Waals surface area contributed by atoms with E-state index < -0.39 is 0 Å². The monoisotopic (exact) mass is 484 g/mol. The van der Waals surface area contributed by atoms with E-state index in [4.69, 9.17) is 25.1 Å². The lowest BCUT2D eigenvalue weighted by Gasteiger charge is -2.25. The van der Waals surface area contributed by atoms with E-state index in [9.17, 15) is 4.79 Å². The van der Waals surface area contributed by atoms with Crippen LogP contribution in [-0.4, -0.2) is 52.6 Å². The fourth-order valence-electron chi connectivity index (χ4n) is 3.86. The molecule has 1 aromatic carbocycles. The molecular formula is C26H36N4O5. The second kappa shape index (κ2) is 10.5. The van der Waals surface area contributed by atoms with Crippen molar-refractivity contribution in [2.45, 2.75) is 59.9 Å². The molecule has 0 bridgehead atoms. The van der Waals surface area contributed by atoms with E-state index in [0.29, 0.717) is 59.4 Å². The van der Waals surface area contributed by atoms with Crippen LogP contribution in [-0.2, 0) is 12.0 Å². The standard InChI is InChI=1S/C26H36N4O5/c1-8-34-25-16(3)15(2)21-22(28-25)24(27)30(29-21)14-19(32)17-12-18(26(4,5)6)23(33-7)20(13-17)35-11-9-10-31/h12-13,31H,8-11,14,27H2,1-7H3. The number of nitrogens with two attached hydrogens (primary N) is 1. The molecule has 0 amide bonds. The van der Waals surface area contributed by atoms with Crippen LogP contribution in [0.4, 0.5) is 5.82 Å². The molecule has 190 valence electrons. The van der Waals surface area contributed by atoms with Crippen molar-refractivity contribution in [1.29, 1.82) is 0 Å². The number of Topliss-reactive ketones (excluding diaryl/α,β-unsaturated/α-hetero) is 1. The fraction of sp³-hybridized carbons (Fsp3) is 0.500. The molecule has 0 radical (unpaired) electrons. The first-order valence-electron chi connectivity index (χ1n) is 11.8. The third-order valence-corrected chi connectivity index (χ3v) is 5.94. The molecule has 0 aliphatic heterocycles. The summed E-state index contributed by atoms with van der Waals surface area (Å²) < 4.78 is 18.6. The summed E-state index contributed by atoms with van der Waals surface area (Å²) in [7, 11) is 1.58. The van der Waals surface area contributed by atoms with Crippen LogP contribution >= 0.6 is 0 Å². The van der Waals surface area contributed by atoms with Gasteiger partial charge in [-0.3, -0.25) is 4.79 Å². The number of aromatic nitrogens is 3. The van der Waals surface area contributed by atoms with Crippen molar-refractivity contribution in [3.8, 4) is 17.4 Å². The topological polar surface area (TPSA) is 122 Å². The molecule has 0 saturated carbocycles. The molecule has 0 unspecified atom stereocenters. The summed E-state index contributed by atoms with van der Waals surface area (Å²) in [6.07, 6.45) is 0.470. The number of anilines is 1. The van der Waals surface area contributed by atoms with Crippen molar-refractivity contribution in [1.82, 2.24) is 14.8 Å². The second-order valence-corrected chi connectivity index (χ2v) is 9.49. The highest BCUT2D eigenvalue weighted by atomic mass is 16.5. The van der Waals surface area contributed by atoms with E-state index in [1.165, 1.54) is 4.68 Å². The van der Waals surface area contributed by atoms with Gasteiger partial charge in [-0.15, -0.1) is 0 Å². The average molecular weight is 485 g/mol. The number of ether oxygens (including phenoxy) is 3. The van der Waals surface area contributed by atoms with Gasteiger partial charge in [0.15, 0.2) is 17.3 Å². The van der Waals surface area contributed by atoms with Crippen LogP contribution in [0.5, 0.6) is 17.4 Å². The lowest BCUT2D eigenvalue weighted by atomic mass is 9.84. The Hall–Kier alpha value is -3.33. The predicted molar refractivity (Wildman–Crippen MR) is 136 cm³/mol. The largest absolute Gasteiger partial charge is 0.493 e. The van der Waals surface area contributed by atoms with Crippen LogP contribution in [0.2, 0.25) is 0 Å². The lowest BCUT2D eigenvalue weighted by molar-refractivity contribution is 0.0968. The third-order valence-electron chi connectivity index (χ3n) is 5.94. The molecular weight excluding hydrogens is 448 g/mol. The maximum absolute atomic E-state index is 13.4. The van der Waals surface area contributed by atoms with Gasteiger partial charge in [0.2, 0.25) is 5.88 Å². The summed E-state index contributed by atoms with van der Waals surface area (Å²) in [6, 6.07) is 3.51. The molecule has 3 N–H and O–H groups in total. The normalized spacial score (nSPS) is 11.7. The first kappa shape index (κ1) is 26.3. The van der Waals surface area contributed by atoms with Gasteiger partial charge < -0.3 is 25.1 Å². The summed E-state index contributed by atoms with van der Waals surface area (Å²) >= 11 is 0. The number of carbonyl (C=O) groups is 1. The number of hydrogen-bond donors (Lipinski definition) is 2. The van der Waals surface area contributed by atoms with E-state index in [2.05, 4.69) is 10.1 Å². The lowest BCUT2D eigenvalue weighted by Crippen LogP contribution is -2.18. The molecule has 9 nitrogen and oxygen atoms in total. The van der Waals surface area contributed by atoms with Gasteiger partial charge in [0.05, 0.1) is 20.3 Å². The number of hydrogen-bond acceptors (Lipinski definition) is 8. The SMILES string of the molecule is CCOc1nc2c(N)n(CC(=O)c3cc(OCCCO)c(OC)c(C(C)(C)C)c3)nc2c(C)c1C. The molecule has 0 atom stereocenters. The van der Waals surface area contributed by atoms with Crippen LogP contribution in [0.15, 0.2) is 12.1 Å². The highest BCUT2D eigenvalue weighted by molar-refractivity contribution is 5.98. The molecule has 3 aromatic rings. The molecule has 0 fully saturated rings. The molecule has 35 heavy (non-hydrogen) atoms. The van der Waals surface area contributed by atoms with Gasteiger partial charge in [-0.05, 0) is 43.9 Å². The zero-order chi connectivity index (χ0) is 25.9. The van der Waals surface area contributed by atoms with Gasteiger partial charge in [-0.2, -0.15) is 5.10 Å². The number of fused-ring (bicyclic) bond motifs is 1. The quantitative estimate of drug-likeness (QED) is 0.327. The number of methoxy groups -OCH3 is 1. The number of carbonyl (C=O) groups excluding carboxylic acids is 1. The number of nitrogens with zero attached hydrogens (tertiary/aromatic N) is 3. The van der Waals surface area contributed by atoms with Crippen molar-refractivity contribution < 1.29 is 24.1 Å². The Morgan fingerprint density at radius 1 is 1.14 bits per heavy atom. The zero-order valence-corrected chi connectivity index (χ0v) is 21.7. The van der Waals surface area contributed by atoms with E-state index in [1.807, 2.05) is 47.6 Å². The average Bonchev–Trinajstić information content (AvgIpc) is 3.11. The van der Waals surface area contributed by atoms with Crippen LogP contribution in [0.1, 0.15) is 61.2 Å². The number of nitrogen functional groups attached to an aromatic ring is 1. The number of benzene rings is 1. The van der Waals surface area contributed by atoms with Gasteiger partial charge in [0.25, 0.3) is 0 Å². The number of aliphatic hydroxyl groups is 1. The number of rotatable bonds is 10. The third kappa shape index (κ3) is 5.35. The van der Waals surface area contributed by atoms with E-state index in [1.54, 1.807) is 13.2 Å². The Morgan fingerprint density at radius 3 is 2.46 bits per heavy atom. The van der Waals surface area contributed by atoms with Crippen molar-refractivity contribution >= 4 is 22.6 Å². The van der Waals surface area contributed by atoms with Crippen LogP contribution in [0.3, 0.4) is 0 Å². The van der Waals surface area contributed by atoms with Gasteiger partial charge >= 0.3 is 0 Å². The van der Waals surface area contributed by atoms with Gasteiger partial charge in [-0.25, -0.2) is 9.67 Å². The van der Waals surface area contributed by atoms with Gasteiger partial charge in [0.1, 0.15) is 23.4 Å². The smallest absolute Gasteiger partial charge is 0.217 e. The number of ketones is 1. The summed E-state index contributed by atoms with van der Waals surface area (Å²) in [4.78, 5) is 18.0. The second-order valence-electron chi connectivity index (χ2n) is 9.49. The van der Waals surface area contributed by atoms with E-state index in [-0.39, 0.29) is 24.3 Å². The van der Waals surface area contributed by atoms with Crippen LogP contribution in [0.25, 0.3) is 11.0 Å². The molecule has 9 heteroatoms. The van der Waals surface area contributed by atoms with Crippen molar-refractivity contribution in [3.05, 3.63) is 34.4 Å². The Balaban J connectivity index is 2.03. The van der Waals surface area contributed by atoms with Crippen LogP contribution in [0, 0.1) is 13.8 Å². The highest BCUT2D eigenvalue weighted by Crippen LogP contribution is 2.40. The Kier molecular flexibility index (Phi) is 7.90. The van der Waals surface area contributed by atoms with Crippen molar-refractivity contribution in [2.24, 2.45) is 0 Å². The minimum Gasteiger partial charge on any atom is -0.493 e. The van der Waals surface area contributed by atoms with E-state index in [0.717, 1.165) is 16.7 Å². The Bertz CT molecular complexity index is 1230. The van der Waals surface area contributed by atoms with Gasteiger partial charge in [0, 0.05) is 29.7 Å². The van der Waals surface area contributed by atoms with Crippen LogP contribution < -0.4 is 19.9 Å². The van der Waals surface area contributed by atoms with Crippen molar-refractivity contribution in [3.63, 3.8) is 0 Å².